The summed E-state index contributed by atoms with van der Waals surface area (Å²) in [4.78, 5) is 74.8. The Hall–Kier alpha value is -5.13. The molecule has 0 spiro atoms. The first-order valence-corrected chi connectivity index (χ1v) is 23.2. The van der Waals surface area contributed by atoms with Crippen LogP contribution in [0.25, 0.3) is 27.6 Å². The van der Waals surface area contributed by atoms with E-state index < -0.39 is 17.7 Å². The number of aromatic nitrogens is 4. The number of Topliss-reactive ketones (excluding diaryl/α,β-unsaturated/α-hetero) is 2. The van der Waals surface area contributed by atoms with Gasteiger partial charge in [-0.05, 0) is 124 Å². The van der Waals surface area contributed by atoms with Gasteiger partial charge in [-0.3, -0.25) is 29.1 Å². The molecule has 0 saturated carbocycles. The Morgan fingerprint density at radius 3 is 1.97 bits per heavy atom. The molecule has 3 aromatic rings. The standard InChI is InChI=1S/C55H67N4O6.Mg/c1-13-39-34(7)41-29-46-48(38(11)60)36(9)43(57-46)27-42-35(8)40(52(58-42)50-51(55(63)64-12)54(62)49-37(10)44(59-53(49)50)28-45(39)56-41)23-24-47(61)65-26-25-33(6)22-16-21-32(5)20-15-19-31(4)18-14-17-30(2)3;/h13,17,19,21,25,27-29,34-35,40,51H,14-16,18,20,22-24,26H2,1-12H3,(H-,56,57,58,59,60,62);/q-1;+2/p-1/b31-19+,32-21+,33-25+,39-13-;/t34-,35+,40+,51-;/m1./s1. The monoisotopic (exact) mass is 902 g/mol. The number of fused-ring (bicyclic) bond motifs is 8. The number of esters is 2. The Morgan fingerprint density at radius 1 is 0.758 bits per heavy atom. The van der Waals surface area contributed by atoms with Crippen LogP contribution < -0.4 is 9.97 Å². The van der Waals surface area contributed by atoms with Crippen molar-refractivity contribution in [2.24, 2.45) is 0 Å². The molecule has 0 amide bonds. The maximum atomic E-state index is 14.4. The van der Waals surface area contributed by atoms with Gasteiger partial charge >= 0.3 is 35.0 Å². The van der Waals surface area contributed by atoms with Crippen molar-refractivity contribution in [3.8, 4) is 0 Å². The van der Waals surface area contributed by atoms with E-state index in [0.717, 1.165) is 60.9 Å². The number of allylic oxidation sites excluding steroid dienone is 9. The number of methoxy groups -OCH3 is 1. The first-order valence-electron chi connectivity index (χ1n) is 23.2. The Labute approximate surface area is 407 Å². The summed E-state index contributed by atoms with van der Waals surface area (Å²) in [6, 6.07) is 5.65. The summed E-state index contributed by atoms with van der Waals surface area (Å²) in [5.74, 6) is -3.54. The van der Waals surface area contributed by atoms with Gasteiger partial charge in [-0.25, -0.2) is 0 Å². The Kier molecular flexibility index (Phi) is 17.7. The zero-order valence-electron chi connectivity index (χ0n) is 41.2. The first-order chi connectivity index (χ1) is 30.9. The smallest absolute Gasteiger partial charge is 0.657 e. The van der Waals surface area contributed by atoms with Crippen molar-refractivity contribution in [3.05, 3.63) is 121 Å². The molecule has 5 heterocycles. The van der Waals surface area contributed by atoms with Crippen molar-refractivity contribution in [1.82, 2.24) is 19.9 Å². The molecule has 0 radical (unpaired) electrons. The van der Waals surface area contributed by atoms with E-state index in [1.54, 1.807) is 6.92 Å². The van der Waals surface area contributed by atoms with E-state index in [0.29, 0.717) is 67.8 Å². The molecule has 0 fully saturated rings. The van der Waals surface area contributed by atoms with Crippen LogP contribution in [0.5, 0.6) is 0 Å². The zero-order valence-corrected chi connectivity index (χ0v) is 42.7. The van der Waals surface area contributed by atoms with Crippen molar-refractivity contribution in [1.29, 1.82) is 0 Å². The van der Waals surface area contributed by atoms with Crippen LogP contribution >= 0.6 is 0 Å². The Balaban J connectivity index is 0.00000817. The number of rotatable bonds is 16. The summed E-state index contributed by atoms with van der Waals surface area (Å²) in [6.45, 7) is 22.2. The molecule has 4 atom stereocenters. The third-order valence-electron chi connectivity index (χ3n) is 13.4. The van der Waals surface area contributed by atoms with E-state index in [1.165, 1.54) is 23.8 Å². The molecule has 3 aromatic heterocycles. The molecule has 0 saturated heterocycles. The largest absolute Gasteiger partial charge is 2.00 e. The van der Waals surface area contributed by atoms with Crippen molar-refractivity contribution >= 4 is 74.2 Å². The minimum absolute atomic E-state index is 0. The van der Waals surface area contributed by atoms with Crippen LogP contribution in [0.15, 0.2) is 70.9 Å². The predicted molar refractivity (Wildman–Crippen MR) is 265 cm³/mol. The van der Waals surface area contributed by atoms with Crippen LogP contribution in [-0.4, -0.2) is 70.2 Å². The van der Waals surface area contributed by atoms with Crippen LogP contribution in [0, 0.1) is 13.8 Å². The third-order valence-corrected chi connectivity index (χ3v) is 13.4. The SMILES string of the molecule is C/C=C1\c2cc3[n-]c4c(c3C)C(=O)[C@H](C(=O)OC)c4c3nc(cc4[n-]c(cc(n2)[C@@H]1C)c(C(C)=O)c4C)[C@@H](C)[C@@H]3CCC(=O)OC/C=C(\C)CC/C=C(\C)CC/C=C(\C)CCC=C(C)C.[Mg+2]. The van der Waals surface area contributed by atoms with Gasteiger partial charge in [-0.1, -0.05) is 89.8 Å². The van der Waals surface area contributed by atoms with Gasteiger partial charge in [0.2, 0.25) is 0 Å². The molecule has 2 aliphatic heterocycles. The van der Waals surface area contributed by atoms with Crippen LogP contribution in [0.1, 0.15) is 198 Å². The average Bonchev–Trinajstić information content (AvgIpc) is 4.00. The summed E-state index contributed by atoms with van der Waals surface area (Å²) in [7, 11) is 1.27. The summed E-state index contributed by atoms with van der Waals surface area (Å²) in [6.07, 6.45) is 17.5. The molecule has 8 bridgehead atoms. The Morgan fingerprint density at radius 2 is 1.36 bits per heavy atom. The van der Waals surface area contributed by atoms with Crippen LogP contribution in [-0.2, 0) is 19.1 Å². The number of ether oxygens (including phenoxy) is 2. The molecule has 66 heavy (non-hydrogen) atoms. The Bertz CT molecular complexity index is 2720. The zero-order chi connectivity index (χ0) is 47.3. The fourth-order valence-corrected chi connectivity index (χ4v) is 9.45. The minimum atomic E-state index is -1.27. The van der Waals surface area contributed by atoms with Gasteiger partial charge < -0.3 is 19.4 Å². The van der Waals surface area contributed by atoms with Gasteiger partial charge in [-0.15, -0.1) is 22.1 Å². The van der Waals surface area contributed by atoms with Crippen molar-refractivity contribution in [2.45, 2.75) is 151 Å². The quantitative estimate of drug-likeness (QED) is 0.0448. The molecular weight excluding hydrogens is 837 g/mol. The van der Waals surface area contributed by atoms with Gasteiger partial charge in [0.05, 0.1) is 12.8 Å². The average molecular weight is 903 g/mol. The molecule has 1 aliphatic carbocycles. The molecule has 11 heteroatoms. The maximum absolute atomic E-state index is 14.4. The second-order valence-electron chi connectivity index (χ2n) is 18.4. The van der Waals surface area contributed by atoms with Crippen LogP contribution in [0.2, 0.25) is 0 Å². The normalized spacial score (nSPS) is 18.9. The van der Waals surface area contributed by atoms with E-state index in [1.807, 2.05) is 58.0 Å². The number of carbonyl (C=O) groups is 4. The van der Waals surface area contributed by atoms with Gasteiger partial charge in [0.1, 0.15) is 12.5 Å². The summed E-state index contributed by atoms with van der Waals surface area (Å²) in [5, 5.41) is 0. The molecule has 0 N–H and O–H groups in total. The van der Waals surface area contributed by atoms with Crippen molar-refractivity contribution in [2.75, 3.05) is 13.7 Å². The van der Waals surface area contributed by atoms with Gasteiger partial charge in [0.25, 0.3) is 0 Å². The molecule has 344 valence electrons. The number of ketones is 2. The van der Waals surface area contributed by atoms with E-state index in [4.69, 9.17) is 29.4 Å². The molecule has 0 unspecified atom stereocenters. The number of nitrogens with zero attached hydrogens (tertiary/aromatic N) is 4. The van der Waals surface area contributed by atoms with Gasteiger partial charge in [-0.2, -0.15) is 0 Å². The second kappa shape index (κ2) is 22.6. The van der Waals surface area contributed by atoms with E-state index in [-0.39, 0.29) is 65.6 Å². The van der Waals surface area contributed by atoms with Crippen LogP contribution in [0.3, 0.4) is 0 Å². The maximum Gasteiger partial charge on any atom is 2.00 e. The number of hydrogen-bond acceptors (Lipinski definition) is 8. The van der Waals surface area contributed by atoms with Crippen LogP contribution in [0.4, 0.5) is 0 Å². The molecule has 10 nitrogen and oxygen atoms in total. The van der Waals surface area contributed by atoms with Crippen molar-refractivity contribution in [3.63, 3.8) is 0 Å². The molecule has 3 aliphatic rings. The van der Waals surface area contributed by atoms with E-state index in [2.05, 4.69) is 59.8 Å². The third kappa shape index (κ3) is 11.3. The number of hydrogen-bond donors (Lipinski definition) is 0. The van der Waals surface area contributed by atoms with Gasteiger partial charge in [0, 0.05) is 52.4 Å². The number of aryl methyl sites for hydroxylation is 2. The summed E-state index contributed by atoms with van der Waals surface area (Å²) in [5.41, 5.74) is 13.7. The summed E-state index contributed by atoms with van der Waals surface area (Å²) < 4.78 is 11.0. The fraction of sp³-hybridized carbons (Fsp3) is 0.455. The van der Waals surface area contributed by atoms with Crippen molar-refractivity contribution < 1.29 is 28.7 Å². The molecular formula is C55H66MgN4O6. The fourth-order valence-electron chi connectivity index (χ4n) is 9.45. The molecule has 6 rings (SSSR count). The topological polar surface area (TPSA) is 141 Å². The first kappa shape index (κ1) is 51.8. The summed E-state index contributed by atoms with van der Waals surface area (Å²) >= 11 is 0. The number of carbonyl (C=O) groups excluding carboxylic acids is 4. The molecule has 0 aromatic carbocycles. The van der Waals surface area contributed by atoms with Gasteiger partial charge in [0.15, 0.2) is 11.6 Å². The van der Waals surface area contributed by atoms with E-state index >= 15 is 0 Å². The minimum Gasteiger partial charge on any atom is -0.657 e. The second-order valence-corrected chi connectivity index (χ2v) is 18.4. The predicted octanol–water partition coefficient (Wildman–Crippen LogP) is 12.0. The van der Waals surface area contributed by atoms with E-state index in [9.17, 15) is 19.2 Å².